The number of carbonyl (C=O) groups is 1. The molecular formula is C22H23FN6O4S. The molecule has 3 aromatic rings. The molecule has 2 N–H and O–H groups in total. The maximum Gasteiger partial charge on any atom is 0.213 e. The van der Waals surface area contributed by atoms with Crippen molar-refractivity contribution in [3.05, 3.63) is 65.4 Å². The third kappa shape index (κ3) is 4.97. The highest BCUT2D eigenvalue weighted by Crippen LogP contribution is 2.24. The summed E-state index contributed by atoms with van der Waals surface area (Å²) in [5, 5.41) is 8.31. The van der Waals surface area contributed by atoms with Crippen LogP contribution in [-0.4, -0.2) is 57.7 Å². The Hall–Kier alpha value is -3.64. The van der Waals surface area contributed by atoms with E-state index in [0.717, 1.165) is 0 Å². The van der Waals surface area contributed by atoms with Crippen molar-refractivity contribution < 1.29 is 22.3 Å². The number of benzene rings is 1. The van der Waals surface area contributed by atoms with Crippen LogP contribution in [0.4, 0.5) is 4.39 Å². The standard InChI is InChI=1S/C22H23FN6O4S/c1-14(30)18(21(24)15-3-6-17(23)7-4-15)13-33-20-8-5-16(11-25-20)22-27-26-19-12-28(34(2,31)32)9-10-29(19)22/h3-8,11H,9-10,12-13,24H2,1-2H3/b21-18-. The number of fused-ring (bicyclic) bond motifs is 1. The average Bonchev–Trinajstić information content (AvgIpc) is 3.22. The predicted octanol–water partition coefficient (Wildman–Crippen LogP) is 1.59. The van der Waals surface area contributed by atoms with Gasteiger partial charge in [0.2, 0.25) is 15.9 Å². The van der Waals surface area contributed by atoms with E-state index in [1.807, 2.05) is 4.57 Å². The molecule has 12 heteroatoms. The monoisotopic (exact) mass is 486 g/mol. The molecule has 34 heavy (non-hydrogen) atoms. The molecule has 178 valence electrons. The second-order valence-corrected chi connectivity index (χ2v) is 9.80. The number of carbonyl (C=O) groups excluding carboxylic acids is 1. The summed E-state index contributed by atoms with van der Waals surface area (Å²) in [5.41, 5.74) is 7.79. The van der Waals surface area contributed by atoms with Crippen LogP contribution in [-0.2, 0) is 27.9 Å². The zero-order chi connectivity index (χ0) is 24.5. The molecule has 1 aromatic carbocycles. The Morgan fingerprint density at radius 1 is 1.15 bits per heavy atom. The third-order valence-electron chi connectivity index (χ3n) is 5.45. The third-order valence-corrected chi connectivity index (χ3v) is 6.70. The minimum absolute atomic E-state index is 0.105. The van der Waals surface area contributed by atoms with Gasteiger partial charge in [0, 0.05) is 36.6 Å². The average molecular weight is 487 g/mol. The lowest BCUT2D eigenvalue weighted by atomic mass is 10.0. The normalized spacial score (nSPS) is 14.9. The fourth-order valence-electron chi connectivity index (χ4n) is 3.55. The highest BCUT2D eigenvalue weighted by atomic mass is 32.2. The highest BCUT2D eigenvalue weighted by molar-refractivity contribution is 7.88. The lowest BCUT2D eigenvalue weighted by molar-refractivity contribution is -0.113. The zero-order valence-electron chi connectivity index (χ0n) is 18.6. The lowest BCUT2D eigenvalue weighted by Gasteiger charge is -2.25. The van der Waals surface area contributed by atoms with Gasteiger partial charge in [-0.25, -0.2) is 17.8 Å². The van der Waals surface area contributed by atoms with Crippen molar-refractivity contribution in [2.75, 3.05) is 19.4 Å². The van der Waals surface area contributed by atoms with E-state index in [-0.39, 0.29) is 36.1 Å². The van der Waals surface area contributed by atoms with Gasteiger partial charge in [-0.2, -0.15) is 4.31 Å². The number of nitrogens with zero attached hydrogens (tertiary/aromatic N) is 5. The smallest absolute Gasteiger partial charge is 0.213 e. The van der Waals surface area contributed by atoms with Gasteiger partial charge in [0.25, 0.3) is 0 Å². The number of rotatable bonds is 7. The van der Waals surface area contributed by atoms with Crippen molar-refractivity contribution >= 4 is 21.5 Å². The molecular weight excluding hydrogens is 463 g/mol. The van der Waals surface area contributed by atoms with Crippen LogP contribution in [0.15, 0.2) is 48.2 Å². The van der Waals surface area contributed by atoms with Gasteiger partial charge in [-0.3, -0.25) is 4.79 Å². The van der Waals surface area contributed by atoms with Gasteiger partial charge in [0.05, 0.1) is 18.4 Å². The van der Waals surface area contributed by atoms with Gasteiger partial charge < -0.3 is 15.0 Å². The first-order valence-corrected chi connectivity index (χ1v) is 12.2. The van der Waals surface area contributed by atoms with Gasteiger partial charge in [0.1, 0.15) is 18.2 Å². The molecule has 4 rings (SSSR count). The number of sulfonamides is 1. The molecule has 0 radical (unpaired) electrons. The molecule has 0 saturated carbocycles. The first-order chi connectivity index (χ1) is 16.1. The lowest BCUT2D eigenvalue weighted by Crippen LogP contribution is -2.37. The fourth-order valence-corrected chi connectivity index (χ4v) is 4.31. The molecule has 0 bridgehead atoms. The summed E-state index contributed by atoms with van der Waals surface area (Å²) in [6, 6.07) is 8.91. The van der Waals surface area contributed by atoms with Gasteiger partial charge in [-0.1, -0.05) is 0 Å². The number of pyridine rings is 1. The minimum atomic E-state index is -3.31. The first kappa shape index (κ1) is 23.5. The maximum absolute atomic E-state index is 13.2. The number of ether oxygens (including phenoxy) is 1. The van der Waals surface area contributed by atoms with E-state index >= 15 is 0 Å². The number of Topliss-reactive ketones (excluding diaryl/α,β-unsaturated/α-hetero) is 1. The fraction of sp³-hybridized carbons (Fsp3) is 0.273. The topological polar surface area (TPSA) is 133 Å². The van der Waals surface area contributed by atoms with Gasteiger partial charge >= 0.3 is 0 Å². The van der Waals surface area contributed by atoms with Crippen molar-refractivity contribution in [2.45, 2.75) is 20.0 Å². The molecule has 2 aromatic heterocycles. The van der Waals surface area contributed by atoms with Crippen LogP contribution in [0.3, 0.4) is 0 Å². The van der Waals surface area contributed by atoms with Gasteiger partial charge in [0.15, 0.2) is 11.6 Å². The van der Waals surface area contributed by atoms with Crippen LogP contribution in [0.2, 0.25) is 0 Å². The number of aromatic nitrogens is 4. The molecule has 3 heterocycles. The van der Waals surface area contributed by atoms with Crippen LogP contribution in [0, 0.1) is 5.82 Å². The molecule has 0 aliphatic carbocycles. The van der Waals surface area contributed by atoms with Crippen molar-refractivity contribution in [2.24, 2.45) is 5.73 Å². The molecule has 0 atom stereocenters. The highest BCUT2D eigenvalue weighted by Gasteiger charge is 2.27. The molecule has 1 aliphatic heterocycles. The molecule has 0 spiro atoms. The largest absolute Gasteiger partial charge is 0.473 e. The predicted molar refractivity (Wildman–Crippen MR) is 122 cm³/mol. The van der Waals surface area contributed by atoms with Crippen LogP contribution in [0.1, 0.15) is 18.3 Å². The van der Waals surface area contributed by atoms with E-state index < -0.39 is 15.8 Å². The van der Waals surface area contributed by atoms with E-state index in [9.17, 15) is 17.6 Å². The molecule has 0 amide bonds. The van der Waals surface area contributed by atoms with Crippen molar-refractivity contribution in [1.29, 1.82) is 0 Å². The number of halogens is 1. The summed E-state index contributed by atoms with van der Waals surface area (Å²) in [7, 11) is -3.31. The summed E-state index contributed by atoms with van der Waals surface area (Å²) in [4.78, 5) is 16.4. The maximum atomic E-state index is 13.2. The van der Waals surface area contributed by atoms with E-state index in [4.69, 9.17) is 10.5 Å². The van der Waals surface area contributed by atoms with Crippen molar-refractivity contribution in [1.82, 2.24) is 24.1 Å². The summed E-state index contributed by atoms with van der Waals surface area (Å²) in [6.45, 7) is 2.20. The van der Waals surface area contributed by atoms with E-state index in [1.54, 1.807) is 18.3 Å². The minimum Gasteiger partial charge on any atom is -0.473 e. The second-order valence-electron chi connectivity index (χ2n) is 7.82. The first-order valence-electron chi connectivity index (χ1n) is 10.4. The summed E-state index contributed by atoms with van der Waals surface area (Å²) in [5.74, 6) is 0.738. The molecule has 1 aliphatic rings. The molecule has 10 nitrogen and oxygen atoms in total. The number of hydrogen-bond acceptors (Lipinski definition) is 8. The zero-order valence-corrected chi connectivity index (χ0v) is 19.4. The Bertz CT molecular complexity index is 1350. The van der Waals surface area contributed by atoms with Gasteiger partial charge in [-0.15, -0.1) is 10.2 Å². The number of hydrogen-bond donors (Lipinski definition) is 1. The van der Waals surface area contributed by atoms with Crippen LogP contribution in [0.5, 0.6) is 5.88 Å². The Labute approximate surface area is 195 Å². The Balaban J connectivity index is 1.49. The second kappa shape index (κ2) is 9.31. The van der Waals surface area contributed by atoms with Crippen LogP contribution in [0.25, 0.3) is 17.1 Å². The Morgan fingerprint density at radius 3 is 2.50 bits per heavy atom. The SMILES string of the molecule is CC(=O)/C(COc1ccc(-c2nnc3n2CCN(S(C)(=O)=O)C3)cn1)=C(\N)c1ccc(F)cc1. The number of nitrogens with two attached hydrogens (primary N) is 1. The Kier molecular flexibility index (Phi) is 6.44. The number of ketones is 1. The van der Waals surface area contributed by atoms with Crippen LogP contribution >= 0.6 is 0 Å². The van der Waals surface area contributed by atoms with E-state index in [1.165, 1.54) is 41.8 Å². The summed E-state index contributed by atoms with van der Waals surface area (Å²) < 4.78 is 45.7. The van der Waals surface area contributed by atoms with E-state index in [2.05, 4.69) is 15.2 Å². The summed E-state index contributed by atoms with van der Waals surface area (Å²) >= 11 is 0. The Morgan fingerprint density at radius 2 is 1.88 bits per heavy atom. The summed E-state index contributed by atoms with van der Waals surface area (Å²) in [6.07, 6.45) is 2.73. The van der Waals surface area contributed by atoms with Crippen LogP contribution < -0.4 is 10.5 Å². The quantitative estimate of drug-likeness (QED) is 0.498. The molecule has 0 fully saturated rings. The molecule has 0 saturated heterocycles. The van der Waals surface area contributed by atoms with Crippen molar-refractivity contribution in [3.8, 4) is 17.3 Å². The van der Waals surface area contributed by atoms with Crippen molar-refractivity contribution in [3.63, 3.8) is 0 Å². The molecule has 0 unspecified atom stereocenters. The van der Waals surface area contributed by atoms with E-state index in [0.29, 0.717) is 35.9 Å². The van der Waals surface area contributed by atoms with Gasteiger partial charge in [-0.05, 0) is 42.8 Å².